The first-order chi connectivity index (χ1) is 11.1. The van der Waals surface area contributed by atoms with Crippen LogP contribution in [0.4, 0.5) is 11.5 Å². The van der Waals surface area contributed by atoms with Gasteiger partial charge >= 0.3 is 0 Å². The molecule has 23 heavy (non-hydrogen) atoms. The molecule has 2 N–H and O–H groups in total. The monoisotopic (exact) mass is 323 g/mol. The fraction of sp³-hybridized carbons (Fsp3) is 0.118. The first-order valence-electron chi connectivity index (χ1n) is 7.17. The van der Waals surface area contributed by atoms with Crippen LogP contribution in [-0.4, -0.2) is 22.4 Å². The molecule has 0 atom stereocenters. The molecule has 2 heterocycles. The van der Waals surface area contributed by atoms with Crippen LogP contribution in [0.3, 0.4) is 0 Å². The van der Waals surface area contributed by atoms with Crippen LogP contribution < -0.4 is 10.6 Å². The summed E-state index contributed by atoms with van der Waals surface area (Å²) in [5, 5.41) is 1.49. The average Bonchev–Trinajstić information content (AvgIpc) is 2.96. The van der Waals surface area contributed by atoms with Gasteiger partial charge in [-0.1, -0.05) is 23.7 Å². The number of carbonyl (C=O) groups excluding carboxylic acids is 1. The number of nitrogens with two attached hydrogens (primary N) is 1. The number of amides is 1. The average molecular weight is 324 g/mol. The van der Waals surface area contributed by atoms with Crippen molar-refractivity contribution in [3.63, 3.8) is 0 Å². The highest BCUT2D eigenvalue weighted by Gasteiger charge is 2.24. The molecule has 1 aromatic heterocycles. The number of benzene rings is 2. The van der Waals surface area contributed by atoms with Crippen LogP contribution in [0.2, 0.25) is 5.02 Å². The molecule has 1 aliphatic heterocycles. The zero-order valence-corrected chi connectivity index (χ0v) is 12.8. The zero-order valence-electron chi connectivity index (χ0n) is 12.1. The fourth-order valence-electron chi connectivity index (χ4n) is 2.89. The number of halogens is 1. The molecular weight excluding hydrogens is 312 g/mol. The Kier molecular flexibility index (Phi) is 3.16. The minimum Gasteiger partial charge on any atom is -0.363 e. The molecule has 0 bridgehead atoms. The van der Waals surface area contributed by atoms with Gasteiger partial charge in [0.2, 0.25) is 5.82 Å². The second-order valence-electron chi connectivity index (χ2n) is 5.35. The minimum absolute atomic E-state index is 0.00850. The van der Waals surface area contributed by atoms with E-state index >= 15 is 0 Å². The topological polar surface area (TPSA) is 72.1 Å². The number of nitrogens with zero attached hydrogens (tertiary/aromatic N) is 3. The van der Waals surface area contributed by atoms with Crippen LogP contribution in [0.25, 0.3) is 10.9 Å². The van der Waals surface area contributed by atoms with E-state index in [4.69, 9.17) is 17.3 Å². The number of primary amides is 1. The Morgan fingerprint density at radius 2 is 2.17 bits per heavy atom. The van der Waals surface area contributed by atoms with Crippen LogP contribution >= 0.6 is 11.6 Å². The van der Waals surface area contributed by atoms with E-state index in [0.717, 1.165) is 24.0 Å². The highest BCUT2D eigenvalue weighted by Crippen LogP contribution is 2.38. The van der Waals surface area contributed by atoms with E-state index in [1.54, 1.807) is 12.1 Å². The summed E-state index contributed by atoms with van der Waals surface area (Å²) in [4.78, 5) is 22.2. The summed E-state index contributed by atoms with van der Waals surface area (Å²) in [5.74, 6) is 0.0161. The maximum Gasteiger partial charge on any atom is 0.286 e. The maximum atomic E-state index is 11.6. The molecule has 5 nitrogen and oxygen atoms in total. The van der Waals surface area contributed by atoms with Crippen LogP contribution in [0, 0.1) is 6.07 Å². The van der Waals surface area contributed by atoms with Crippen LogP contribution in [0.5, 0.6) is 0 Å². The van der Waals surface area contributed by atoms with E-state index in [9.17, 15) is 4.79 Å². The predicted molar refractivity (Wildman–Crippen MR) is 89.1 cm³/mol. The molecule has 0 fully saturated rings. The zero-order chi connectivity index (χ0) is 16.0. The molecule has 6 heteroatoms. The van der Waals surface area contributed by atoms with Gasteiger partial charge < -0.3 is 10.6 Å². The molecule has 0 aliphatic carbocycles. The lowest BCUT2D eigenvalue weighted by Gasteiger charge is -2.20. The molecule has 4 rings (SSSR count). The summed E-state index contributed by atoms with van der Waals surface area (Å²) in [6.07, 6.45) is 0.889. The van der Waals surface area contributed by atoms with Crippen molar-refractivity contribution in [3.8, 4) is 0 Å². The highest BCUT2D eigenvalue weighted by molar-refractivity contribution is 6.31. The number of fused-ring (bicyclic) bond motifs is 2. The first kappa shape index (κ1) is 14.0. The summed E-state index contributed by atoms with van der Waals surface area (Å²) in [6.45, 7) is 0.759. The molecule has 113 valence electrons. The molecule has 1 radical (unpaired) electrons. The molecule has 3 aromatic rings. The van der Waals surface area contributed by atoms with Crippen molar-refractivity contribution in [2.24, 2.45) is 5.73 Å². The second kappa shape index (κ2) is 5.21. The second-order valence-corrected chi connectivity index (χ2v) is 5.79. The lowest BCUT2D eigenvalue weighted by atomic mass is 10.1. The van der Waals surface area contributed by atoms with Crippen molar-refractivity contribution < 1.29 is 4.79 Å². The Morgan fingerprint density at radius 3 is 3.00 bits per heavy atom. The summed E-state index contributed by atoms with van der Waals surface area (Å²) in [7, 11) is 0. The van der Waals surface area contributed by atoms with E-state index in [1.165, 1.54) is 5.56 Å². The normalized spacial score (nSPS) is 13.3. The Balaban J connectivity index is 1.96. The van der Waals surface area contributed by atoms with E-state index in [-0.39, 0.29) is 5.82 Å². The van der Waals surface area contributed by atoms with Crippen LogP contribution in [0.15, 0.2) is 36.4 Å². The standard InChI is InChI=1S/C17H12ClN4O/c18-11-6-5-10-7-8-22(14(10)9-11)17-12-3-1-2-4-13(12)20-16(21-17)15(19)23/h2-6,9H,7-8H2,(H2,19,23). The Hall–Kier alpha value is -2.66. The van der Waals surface area contributed by atoms with E-state index in [2.05, 4.69) is 16.0 Å². The molecule has 1 aliphatic rings. The van der Waals surface area contributed by atoms with Gasteiger partial charge in [-0.25, -0.2) is 9.97 Å². The van der Waals surface area contributed by atoms with Gasteiger partial charge in [0, 0.05) is 22.6 Å². The summed E-state index contributed by atoms with van der Waals surface area (Å²) in [6, 6.07) is 14.2. The molecular formula is C17H12ClN4O. The van der Waals surface area contributed by atoms with Crippen molar-refractivity contribution >= 4 is 39.9 Å². The van der Waals surface area contributed by atoms with Gasteiger partial charge in [-0.05, 0) is 42.3 Å². The predicted octanol–water partition coefficient (Wildman–Crippen LogP) is 2.88. The molecule has 0 saturated heterocycles. The Bertz CT molecular complexity index is 941. The molecule has 0 spiro atoms. The third-order valence-electron chi connectivity index (χ3n) is 3.94. The van der Waals surface area contributed by atoms with Crippen LogP contribution in [-0.2, 0) is 6.42 Å². The van der Waals surface area contributed by atoms with Crippen molar-refractivity contribution in [3.05, 3.63) is 58.9 Å². The van der Waals surface area contributed by atoms with Gasteiger partial charge in [-0.15, -0.1) is 0 Å². The van der Waals surface area contributed by atoms with Crippen molar-refractivity contribution in [2.45, 2.75) is 6.42 Å². The third-order valence-corrected chi connectivity index (χ3v) is 4.17. The quantitative estimate of drug-likeness (QED) is 0.787. The lowest BCUT2D eigenvalue weighted by molar-refractivity contribution is 0.0991. The van der Waals surface area contributed by atoms with Gasteiger partial charge in [0.25, 0.3) is 5.91 Å². The fourth-order valence-corrected chi connectivity index (χ4v) is 3.05. The molecule has 2 aromatic carbocycles. The molecule has 0 unspecified atom stereocenters. The number of rotatable bonds is 2. The van der Waals surface area contributed by atoms with Gasteiger partial charge in [-0.3, -0.25) is 4.79 Å². The highest BCUT2D eigenvalue weighted by atomic mass is 35.5. The molecule has 0 saturated carbocycles. The SMILES string of the molecule is NC(=O)c1nc(N2CCc3ccc(Cl)cc32)c2c[c]ccc2n1. The number of carbonyl (C=O) groups is 1. The lowest BCUT2D eigenvalue weighted by Crippen LogP contribution is -2.20. The summed E-state index contributed by atoms with van der Waals surface area (Å²) >= 11 is 6.14. The largest absolute Gasteiger partial charge is 0.363 e. The van der Waals surface area contributed by atoms with Crippen molar-refractivity contribution in [1.82, 2.24) is 9.97 Å². The van der Waals surface area contributed by atoms with Gasteiger partial charge in [0.15, 0.2) is 0 Å². The maximum absolute atomic E-state index is 11.6. The van der Waals surface area contributed by atoms with Crippen molar-refractivity contribution in [2.75, 3.05) is 11.4 Å². The first-order valence-corrected chi connectivity index (χ1v) is 7.55. The number of anilines is 2. The van der Waals surface area contributed by atoms with E-state index in [0.29, 0.717) is 16.4 Å². The van der Waals surface area contributed by atoms with Crippen LogP contribution in [0.1, 0.15) is 16.2 Å². The van der Waals surface area contributed by atoms with Gasteiger partial charge in [-0.2, -0.15) is 0 Å². The number of aromatic nitrogens is 2. The van der Waals surface area contributed by atoms with Crippen molar-refractivity contribution in [1.29, 1.82) is 0 Å². The molecule has 1 amide bonds. The Labute approximate surface area is 137 Å². The van der Waals surface area contributed by atoms with Gasteiger partial charge in [0.1, 0.15) is 5.82 Å². The van der Waals surface area contributed by atoms with E-state index in [1.807, 2.05) is 29.2 Å². The summed E-state index contributed by atoms with van der Waals surface area (Å²) < 4.78 is 0. The minimum atomic E-state index is -0.647. The van der Waals surface area contributed by atoms with E-state index < -0.39 is 5.91 Å². The number of hydrogen-bond acceptors (Lipinski definition) is 4. The third kappa shape index (κ3) is 2.29. The number of hydrogen-bond donors (Lipinski definition) is 1. The van der Waals surface area contributed by atoms with Gasteiger partial charge in [0.05, 0.1) is 5.52 Å². The Morgan fingerprint density at radius 1 is 1.30 bits per heavy atom. The smallest absolute Gasteiger partial charge is 0.286 e. The summed E-state index contributed by atoms with van der Waals surface area (Å²) in [5.41, 5.74) is 8.24.